The van der Waals surface area contributed by atoms with Crippen molar-refractivity contribution >= 4 is 46.9 Å². The number of carbonyl (C=O) groups excluding carboxylic acids is 4. The smallest absolute Gasteiger partial charge is 0.305 e. The van der Waals surface area contributed by atoms with Gasteiger partial charge in [0.05, 0.1) is 17.2 Å². The molecule has 0 aliphatic rings. The third-order valence-electron chi connectivity index (χ3n) is 5.74. The lowest BCUT2D eigenvalue weighted by molar-refractivity contribution is -0.140. The van der Waals surface area contributed by atoms with Crippen molar-refractivity contribution in [1.29, 1.82) is 0 Å². The SMILES string of the molecule is COC(=O)CCCCCNC(=O)CCC(=O)NCc1cccc(COc2c(Cl)cc(C(N)=O)c(C)c2Cl)c1. The molecule has 206 valence electrons. The molecule has 2 aromatic rings. The molecule has 11 heteroatoms. The van der Waals surface area contributed by atoms with E-state index in [9.17, 15) is 19.2 Å². The van der Waals surface area contributed by atoms with Crippen molar-refractivity contribution in [2.45, 2.75) is 58.6 Å². The van der Waals surface area contributed by atoms with Crippen LogP contribution in [-0.2, 0) is 32.3 Å². The maximum absolute atomic E-state index is 12.2. The second-order valence-corrected chi connectivity index (χ2v) is 9.45. The molecule has 38 heavy (non-hydrogen) atoms. The van der Waals surface area contributed by atoms with Gasteiger partial charge in [-0.15, -0.1) is 0 Å². The molecule has 0 unspecified atom stereocenters. The third kappa shape index (κ3) is 10.2. The number of hydrogen-bond acceptors (Lipinski definition) is 6. The van der Waals surface area contributed by atoms with Gasteiger partial charge in [0.15, 0.2) is 5.75 Å². The van der Waals surface area contributed by atoms with Crippen LogP contribution < -0.4 is 21.1 Å². The zero-order valence-corrected chi connectivity index (χ0v) is 23.0. The first kappa shape index (κ1) is 30.9. The molecule has 2 rings (SSSR count). The number of esters is 1. The van der Waals surface area contributed by atoms with E-state index >= 15 is 0 Å². The van der Waals surface area contributed by atoms with Gasteiger partial charge >= 0.3 is 5.97 Å². The molecule has 0 spiro atoms. The Morgan fingerprint density at radius 2 is 1.61 bits per heavy atom. The summed E-state index contributed by atoms with van der Waals surface area (Å²) in [6.07, 6.45) is 2.82. The standard InChI is InChI=1S/C27H33Cl2N3O6/c1-17-20(27(30)36)14-21(28)26(25(17)29)38-16-19-8-6-7-18(13-19)15-32-23(34)11-10-22(33)31-12-5-3-4-9-24(35)37-2/h6-8,13-14H,3-5,9-12,15-16H2,1-2H3,(H2,30,36)(H,31,33)(H,32,34). The highest BCUT2D eigenvalue weighted by atomic mass is 35.5. The topological polar surface area (TPSA) is 137 Å². The zero-order chi connectivity index (χ0) is 28.1. The summed E-state index contributed by atoms with van der Waals surface area (Å²) in [5, 5.41) is 5.99. The molecule has 0 aliphatic heterocycles. The summed E-state index contributed by atoms with van der Waals surface area (Å²) in [4.78, 5) is 46.7. The number of amides is 3. The van der Waals surface area contributed by atoms with Crippen LogP contribution in [0.3, 0.4) is 0 Å². The lowest BCUT2D eigenvalue weighted by Crippen LogP contribution is -2.28. The molecule has 0 saturated carbocycles. The van der Waals surface area contributed by atoms with Crippen molar-refractivity contribution in [3.63, 3.8) is 0 Å². The summed E-state index contributed by atoms with van der Waals surface area (Å²) in [5.41, 5.74) is 7.75. The quantitative estimate of drug-likeness (QED) is 0.218. The van der Waals surface area contributed by atoms with Crippen LogP contribution in [0.4, 0.5) is 0 Å². The number of ether oxygens (including phenoxy) is 2. The van der Waals surface area contributed by atoms with Crippen LogP contribution in [0.25, 0.3) is 0 Å². The van der Waals surface area contributed by atoms with Gasteiger partial charge in [-0.1, -0.05) is 53.9 Å². The molecule has 0 aliphatic carbocycles. The molecule has 0 fully saturated rings. The van der Waals surface area contributed by atoms with Gasteiger partial charge < -0.3 is 25.8 Å². The van der Waals surface area contributed by atoms with Crippen molar-refractivity contribution in [2.75, 3.05) is 13.7 Å². The van der Waals surface area contributed by atoms with Crippen molar-refractivity contribution < 1.29 is 28.7 Å². The number of carbonyl (C=O) groups is 4. The molecule has 0 radical (unpaired) electrons. The van der Waals surface area contributed by atoms with E-state index in [1.54, 1.807) is 6.92 Å². The van der Waals surface area contributed by atoms with Crippen LogP contribution in [0.2, 0.25) is 10.0 Å². The van der Waals surface area contributed by atoms with Gasteiger partial charge in [0.1, 0.15) is 6.61 Å². The van der Waals surface area contributed by atoms with E-state index in [2.05, 4.69) is 15.4 Å². The first-order valence-corrected chi connectivity index (χ1v) is 13.0. The molecule has 9 nitrogen and oxygen atoms in total. The number of methoxy groups -OCH3 is 1. The number of nitrogens with one attached hydrogen (secondary N) is 2. The van der Waals surface area contributed by atoms with Gasteiger partial charge in [-0.2, -0.15) is 0 Å². The largest absolute Gasteiger partial charge is 0.486 e. The molecule has 0 heterocycles. The predicted molar refractivity (Wildman–Crippen MR) is 145 cm³/mol. The molecule has 3 amide bonds. The number of nitrogens with two attached hydrogens (primary N) is 1. The number of benzene rings is 2. The summed E-state index contributed by atoms with van der Waals surface area (Å²) in [7, 11) is 1.36. The first-order valence-electron chi connectivity index (χ1n) is 12.2. The van der Waals surface area contributed by atoms with E-state index in [0.29, 0.717) is 31.5 Å². The molecule has 0 atom stereocenters. The molecule has 2 aromatic carbocycles. The fraction of sp³-hybridized carbons (Fsp3) is 0.407. The minimum atomic E-state index is -0.627. The van der Waals surface area contributed by atoms with Crippen LogP contribution in [0.1, 0.15) is 65.6 Å². The number of primary amides is 1. The maximum atomic E-state index is 12.2. The summed E-state index contributed by atoms with van der Waals surface area (Å²) >= 11 is 12.6. The third-order valence-corrected chi connectivity index (χ3v) is 6.47. The van der Waals surface area contributed by atoms with E-state index in [4.69, 9.17) is 33.7 Å². The van der Waals surface area contributed by atoms with Gasteiger partial charge in [0, 0.05) is 37.9 Å². The van der Waals surface area contributed by atoms with Gasteiger partial charge in [0.2, 0.25) is 17.7 Å². The van der Waals surface area contributed by atoms with Crippen LogP contribution in [0.15, 0.2) is 30.3 Å². The monoisotopic (exact) mass is 565 g/mol. The number of halogens is 2. The lowest BCUT2D eigenvalue weighted by Gasteiger charge is -2.14. The van der Waals surface area contributed by atoms with E-state index in [-0.39, 0.29) is 58.6 Å². The highest BCUT2D eigenvalue weighted by Gasteiger charge is 2.17. The Morgan fingerprint density at radius 1 is 0.921 bits per heavy atom. The molecule has 0 aromatic heterocycles. The molecule has 0 bridgehead atoms. The second-order valence-electron chi connectivity index (χ2n) is 8.66. The highest BCUT2D eigenvalue weighted by molar-refractivity contribution is 6.38. The van der Waals surface area contributed by atoms with Crippen LogP contribution in [0, 0.1) is 6.92 Å². The maximum Gasteiger partial charge on any atom is 0.305 e. The van der Waals surface area contributed by atoms with Gasteiger partial charge in [-0.05, 0) is 42.5 Å². The fourth-order valence-corrected chi connectivity index (χ4v) is 4.14. The highest BCUT2D eigenvalue weighted by Crippen LogP contribution is 2.38. The average molecular weight is 566 g/mol. The Kier molecular flexibility index (Phi) is 12.9. The average Bonchev–Trinajstić information content (AvgIpc) is 2.90. The van der Waals surface area contributed by atoms with Gasteiger partial charge in [-0.3, -0.25) is 19.2 Å². The van der Waals surface area contributed by atoms with Crippen molar-refractivity contribution in [2.24, 2.45) is 5.73 Å². The minimum absolute atomic E-state index is 0.0780. The van der Waals surface area contributed by atoms with E-state index < -0.39 is 5.91 Å². The molecular weight excluding hydrogens is 533 g/mol. The van der Waals surface area contributed by atoms with Crippen molar-refractivity contribution in [3.05, 3.63) is 62.6 Å². The first-order chi connectivity index (χ1) is 18.1. The van der Waals surface area contributed by atoms with E-state index in [1.165, 1.54) is 13.2 Å². The Morgan fingerprint density at radius 3 is 2.29 bits per heavy atom. The summed E-state index contributed by atoms with van der Waals surface area (Å²) in [6.45, 7) is 2.62. The minimum Gasteiger partial charge on any atom is -0.486 e. The molecule has 0 saturated heterocycles. The Balaban J connectivity index is 1.74. The van der Waals surface area contributed by atoms with E-state index in [0.717, 1.165) is 24.0 Å². The van der Waals surface area contributed by atoms with Gasteiger partial charge in [-0.25, -0.2) is 0 Å². The Labute approximate surface area is 232 Å². The van der Waals surface area contributed by atoms with Gasteiger partial charge in [0.25, 0.3) is 0 Å². The van der Waals surface area contributed by atoms with Crippen molar-refractivity contribution in [1.82, 2.24) is 10.6 Å². The normalized spacial score (nSPS) is 10.5. The summed E-state index contributed by atoms with van der Waals surface area (Å²) in [5.74, 6) is -1.03. The number of rotatable bonds is 15. The zero-order valence-electron chi connectivity index (χ0n) is 21.5. The lowest BCUT2D eigenvalue weighted by atomic mass is 10.1. The Bertz CT molecular complexity index is 1160. The number of unbranched alkanes of at least 4 members (excludes halogenated alkanes) is 2. The van der Waals surface area contributed by atoms with E-state index in [1.807, 2.05) is 24.3 Å². The molecule has 4 N–H and O–H groups in total. The summed E-state index contributed by atoms with van der Waals surface area (Å²) in [6, 6.07) is 8.86. The Hall–Kier alpha value is -3.30. The van der Waals surface area contributed by atoms with Crippen LogP contribution in [0.5, 0.6) is 5.75 Å². The predicted octanol–water partition coefficient (Wildman–Crippen LogP) is 4.23. The number of hydrogen-bond donors (Lipinski definition) is 3. The van der Waals surface area contributed by atoms with Crippen LogP contribution in [-0.4, -0.2) is 37.3 Å². The molecular formula is C27H33Cl2N3O6. The fourth-order valence-electron chi connectivity index (χ4n) is 3.57. The van der Waals surface area contributed by atoms with Crippen LogP contribution >= 0.6 is 23.2 Å². The second kappa shape index (κ2) is 15.8. The summed E-state index contributed by atoms with van der Waals surface area (Å²) < 4.78 is 10.4. The van der Waals surface area contributed by atoms with Crippen molar-refractivity contribution in [3.8, 4) is 5.75 Å².